The van der Waals surface area contributed by atoms with E-state index in [1.807, 2.05) is 16.5 Å². The van der Waals surface area contributed by atoms with Gasteiger partial charge < -0.3 is 21.1 Å². The molecule has 1 saturated heterocycles. The van der Waals surface area contributed by atoms with Crippen LogP contribution < -0.4 is 21.1 Å². The van der Waals surface area contributed by atoms with E-state index < -0.39 is 0 Å². The van der Waals surface area contributed by atoms with E-state index in [2.05, 4.69) is 14.9 Å². The molecule has 1 aliphatic heterocycles. The van der Waals surface area contributed by atoms with Crippen LogP contribution in [0.4, 0.5) is 16.0 Å². The first-order chi connectivity index (χ1) is 16.5. The maximum absolute atomic E-state index is 14.7. The normalized spacial score (nSPS) is 23.7. The van der Waals surface area contributed by atoms with E-state index in [1.165, 1.54) is 12.3 Å². The Kier molecular flexibility index (Phi) is 4.86. The number of ether oxygens (including phenoxy) is 1. The van der Waals surface area contributed by atoms with Gasteiger partial charge in [-0.25, -0.2) is 19.3 Å². The largest absolute Gasteiger partial charge is 0.437 e. The van der Waals surface area contributed by atoms with Gasteiger partial charge in [0.15, 0.2) is 11.6 Å². The van der Waals surface area contributed by atoms with Crippen LogP contribution in [0, 0.1) is 17.7 Å². The summed E-state index contributed by atoms with van der Waals surface area (Å²) in [6, 6.07) is 8.65. The van der Waals surface area contributed by atoms with Crippen molar-refractivity contribution in [3.05, 3.63) is 71.7 Å². The van der Waals surface area contributed by atoms with Gasteiger partial charge in [-0.15, -0.1) is 0 Å². The molecule has 34 heavy (non-hydrogen) atoms. The summed E-state index contributed by atoms with van der Waals surface area (Å²) in [4.78, 5) is 15.2. The van der Waals surface area contributed by atoms with Crippen molar-refractivity contribution in [1.29, 1.82) is 0 Å². The van der Waals surface area contributed by atoms with Gasteiger partial charge in [0.1, 0.15) is 28.5 Å². The smallest absolute Gasteiger partial charge is 0.224 e. The van der Waals surface area contributed by atoms with E-state index in [0.29, 0.717) is 24.1 Å². The van der Waals surface area contributed by atoms with Crippen LogP contribution in [0.5, 0.6) is 11.6 Å². The van der Waals surface area contributed by atoms with Crippen molar-refractivity contribution in [1.82, 2.24) is 19.4 Å². The summed E-state index contributed by atoms with van der Waals surface area (Å²) in [6.45, 7) is 1.98. The van der Waals surface area contributed by atoms with Crippen LogP contribution in [0.25, 0.3) is 5.52 Å². The fourth-order valence-electron chi connectivity index (χ4n) is 5.65. The molecule has 0 unspecified atom stereocenters. The first-order valence-electron chi connectivity index (χ1n) is 11.1. The molecule has 2 aliphatic rings. The molecule has 6 rings (SSSR count). The van der Waals surface area contributed by atoms with Crippen LogP contribution in [0.3, 0.4) is 0 Å². The summed E-state index contributed by atoms with van der Waals surface area (Å²) in [5, 5.41) is 0.238. The maximum atomic E-state index is 14.7. The number of nitrogens with zero attached hydrogens (tertiary/aromatic N) is 5. The van der Waals surface area contributed by atoms with Crippen LogP contribution >= 0.6 is 11.6 Å². The Morgan fingerprint density at radius 2 is 2.03 bits per heavy atom. The van der Waals surface area contributed by atoms with E-state index in [1.54, 1.807) is 30.9 Å². The minimum Gasteiger partial charge on any atom is -0.437 e. The number of pyridine rings is 1. The lowest BCUT2D eigenvalue weighted by Gasteiger charge is -2.28. The molecule has 1 aliphatic carbocycles. The number of imidazole rings is 1. The van der Waals surface area contributed by atoms with E-state index in [-0.39, 0.29) is 28.0 Å². The summed E-state index contributed by atoms with van der Waals surface area (Å²) in [7, 11) is 0. The third kappa shape index (κ3) is 3.04. The molecule has 0 spiro atoms. The zero-order valence-corrected chi connectivity index (χ0v) is 19.0. The number of aromatic nitrogens is 4. The highest BCUT2D eigenvalue weighted by Crippen LogP contribution is 2.63. The summed E-state index contributed by atoms with van der Waals surface area (Å²) in [5.41, 5.74) is 13.3. The molecule has 8 nitrogen and oxygen atoms in total. The SMILES string of the molecule is NC[C@]1(c2ccccc2F)[C@@H]2CCN(c3ncc(Oc4ccnc(N)c4Cl)n4cncc34)C[C@@H]21. The van der Waals surface area contributed by atoms with Crippen molar-refractivity contribution in [2.24, 2.45) is 17.6 Å². The predicted octanol–water partition coefficient (Wildman–Crippen LogP) is 3.64. The van der Waals surface area contributed by atoms with E-state index in [9.17, 15) is 4.39 Å². The van der Waals surface area contributed by atoms with Gasteiger partial charge in [-0.1, -0.05) is 29.8 Å². The summed E-state index contributed by atoms with van der Waals surface area (Å²) in [5.74, 6) is 2.28. The fourth-order valence-corrected chi connectivity index (χ4v) is 5.80. The third-order valence-corrected chi connectivity index (χ3v) is 7.72. The predicted molar refractivity (Wildman–Crippen MR) is 128 cm³/mol. The van der Waals surface area contributed by atoms with Gasteiger partial charge in [0, 0.05) is 37.3 Å². The van der Waals surface area contributed by atoms with Gasteiger partial charge >= 0.3 is 0 Å². The average Bonchev–Trinajstić information content (AvgIpc) is 3.21. The maximum Gasteiger partial charge on any atom is 0.224 e. The van der Waals surface area contributed by atoms with Crippen molar-refractivity contribution < 1.29 is 9.13 Å². The molecule has 4 aromatic rings. The Labute approximate surface area is 200 Å². The Morgan fingerprint density at radius 1 is 1.18 bits per heavy atom. The van der Waals surface area contributed by atoms with Gasteiger partial charge in [0.25, 0.3) is 0 Å². The van der Waals surface area contributed by atoms with Crippen LogP contribution in [0.15, 0.2) is 55.2 Å². The minimum absolute atomic E-state index is 0.179. The van der Waals surface area contributed by atoms with Crippen molar-refractivity contribution in [2.75, 3.05) is 30.3 Å². The first kappa shape index (κ1) is 21.1. The lowest BCUT2D eigenvalue weighted by atomic mass is 9.91. The number of nitrogen functional groups attached to an aromatic ring is 1. The number of rotatable bonds is 5. The van der Waals surface area contributed by atoms with Crippen LogP contribution in [0.1, 0.15) is 12.0 Å². The molecule has 2 fully saturated rings. The first-order valence-corrected chi connectivity index (χ1v) is 11.5. The summed E-state index contributed by atoms with van der Waals surface area (Å²) < 4.78 is 22.5. The van der Waals surface area contributed by atoms with Crippen molar-refractivity contribution in [2.45, 2.75) is 11.8 Å². The molecule has 1 aromatic carbocycles. The van der Waals surface area contributed by atoms with E-state index in [4.69, 9.17) is 32.8 Å². The highest BCUT2D eigenvalue weighted by Gasteiger charge is 2.66. The van der Waals surface area contributed by atoms with Crippen molar-refractivity contribution in [3.63, 3.8) is 0 Å². The Morgan fingerprint density at radius 3 is 2.85 bits per heavy atom. The number of hydrogen-bond acceptors (Lipinski definition) is 7. The van der Waals surface area contributed by atoms with Crippen molar-refractivity contribution in [3.8, 4) is 11.6 Å². The molecule has 1 saturated carbocycles. The zero-order chi connectivity index (χ0) is 23.4. The number of halogens is 2. The van der Waals surface area contributed by atoms with Crippen molar-refractivity contribution >= 4 is 28.8 Å². The van der Waals surface area contributed by atoms with Gasteiger partial charge in [-0.05, 0) is 29.9 Å². The van der Waals surface area contributed by atoms with Crippen LogP contribution in [-0.4, -0.2) is 39.0 Å². The number of nitrogens with two attached hydrogens (primary N) is 2. The van der Waals surface area contributed by atoms with Gasteiger partial charge in [-0.3, -0.25) is 4.40 Å². The van der Waals surface area contributed by atoms with E-state index in [0.717, 1.165) is 36.4 Å². The highest BCUT2D eigenvalue weighted by atomic mass is 35.5. The monoisotopic (exact) mass is 479 g/mol. The number of hydrogen-bond donors (Lipinski definition) is 2. The van der Waals surface area contributed by atoms with Crippen LogP contribution in [-0.2, 0) is 5.41 Å². The Hall–Kier alpha value is -3.43. The average molecular weight is 480 g/mol. The molecular weight excluding hydrogens is 457 g/mol. The number of piperidine rings is 1. The lowest BCUT2D eigenvalue weighted by molar-refractivity contribution is 0.452. The molecule has 174 valence electrons. The molecule has 0 radical (unpaired) electrons. The second-order valence-electron chi connectivity index (χ2n) is 8.85. The molecule has 0 amide bonds. The molecule has 4 heterocycles. The number of fused-ring (bicyclic) bond motifs is 2. The lowest BCUT2D eigenvalue weighted by Crippen LogP contribution is -2.33. The number of benzene rings is 1. The topological polar surface area (TPSA) is 108 Å². The Balaban J connectivity index is 1.31. The minimum atomic E-state index is -0.322. The number of anilines is 2. The quantitative estimate of drug-likeness (QED) is 0.450. The van der Waals surface area contributed by atoms with Gasteiger partial charge in [-0.2, -0.15) is 0 Å². The summed E-state index contributed by atoms with van der Waals surface area (Å²) >= 11 is 6.24. The molecule has 10 heteroatoms. The van der Waals surface area contributed by atoms with Gasteiger partial charge in [0.2, 0.25) is 5.88 Å². The molecular formula is C24H23ClFN7O. The molecule has 0 bridgehead atoms. The second kappa shape index (κ2) is 7.82. The van der Waals surface area contributed by atoms with Gasteiger partial charge in [0.05, 0.1) is 12.4 Å². The highest BCUT2D eigenvalue weighted by molar-refractivity contribution is 6.34. The van der Waals surface area contributed by atoms with Crippen LogP contribution in [0.2, 0.25) is 5.02 Å². The Bertz CT molecular complexity index is 1400. The zero-order valence-electron chi connectivity index (χ0n) is 18.2. The molecule has 3 atom stereocenters. The third-order valence-electron chi connectivity index (χ3n) is 7.34. The molecule has 3 aromatic heterocycles. The standard InChI is InChI=1S/C24H23ClFN7O/c25-21-19(5-7-30-22(21)28)34-20-10-31-23(18-9-29-13-33(18)20)32-8-6-14-16(11-32)24(14,12-27)15-3-1-2-4-17(15)26/h1-5,7,9-10,13-14,16H,6,8,11-12,27H2,(H2,28,30)/t14-,16+,24-/m1/s1. The van der Waals surface area contributed by atoms with E-state index >= 15 is 0 Å². The second-order valence-corrected chi connectivity index (χ2v) is 9.23. The molecule has 4 N–H and O–H groups in total. The summed E-state index contributed by atoms with van der Waals surface area (Å²) in [6.07, 6.45) is 7.51. The fraction of sp³-hybridized carbons (Fsp3) is 0.292.